The van der Waals surface area contributed by atoms with E-state index in [1.54, 1.807) is 0 Å². The van der Waals surface area contributed by atoms with Crippen LogP contribution in [0.1, 0.15) is 58.3 Å². The molecule has 0 rings (SSSR count). The Morgan fingerprint density at radius 2 is 1.23 bits per heavy atom. The van der Waals surface area contributed by atoms with Gasteiger partial charge in [0.05, 0.1) is 0 Å². The molecule has 0 spiro atoms. The quantitative estimate of drug-likeness (QED) is 0.207. The highest BCUT2D eigenvalue weighted by Gasteiger charge is 2.15. The summed E-state index contributed by atoms with van der Waals surface area (Å²) in [7, 11) is 0. The van der Waals surface area contributed by atoms with Crippen LogP contribution in [-0.4, -0.2) is -0.565 Å². The van der Waals surface area contributed by atoms with Gasteiger partial charge in [0.1, 0.15) is -0.565 Å². The molecule has 3 heteroatoms. The van der Waals surface area contributed by atoms with E-state index in [1.807, 2.05) is 0 Å². The molecule has 0 fully saturated rings. The van der Waals surface area contributed by atoms with E-state index in [1.165, 1.54) is 51.4 Å². The SMILES string of the molecule is CCCCCCCCCC(I)(I)I. The smallest absolute Gasteiger partial charge is 0.0654 e. The first-order valence-corrected chi connectivity index (χ1v) is 8.36. The number of rotatable bonds is 8. The number of halogens is 3. The lowest BCUT2D eigenvalue weighted by Gasteiger charge is -2.11. The first-order chi connectivity index (χ1) is 6.06. The fourth-order valence-corrected chi connectivity index (χ4v) is 2.43. The lowest BCUT2D eigenvalue weighted by molar-refractivity contribution is 0.585. The standard InChI is InChI=1S/C10H19I3/c1-2-3-4-5-6-7-8-9-10(11,12)13/h2-9H2,1H3. The fraction of sp³-hybridized carbons (Fsp3) is 1.00. The van der Waals surface area contributed by atoms with Crippen LogP contribution in [0.5, 0.6) is 0 Å². The Hall–Kier alpha value is 2.19. The van der Waals surface area contributed by atoms with Gasteiger partial charge in [-0.2, -0.15) is 0 Å². The third-order valence-corrected chi connectivity index (χ3v) is 3.68. The first kappa shape index (κ1) is 15.2. The number of hydrogen-bond donors (Lipinski definition) is 0. The van der Waals surface area contributed by atoms with Crippen LogP contribution in [-0.2, 0) is 0 Å². The van der Waals surface area contributed by atoms with Gasteiger partial charge < -0.3 is 0 Å². The van der Waals surface area contributed by atoms with Crippen LogP contribution < -0.4 is 0 Å². The van der Waals surface area contributed by atoms with E-state index >= 15 is 0 Å². The summed E-state index contributed by atoms with van der Waals surface area (Å²) in [5, 5.41) is 0. The van der Waals surface area contributed by atoms with Gasteiger partial charge in [-0.05, 0) is 6.42 Å². The Morgan fingerprint density at radius 3 is 1.69 bits per heavy atom. The van der Waals surface area contributed by atoms with Crippen molar-refractivity contribution in [2.45, 2.75) is 57.7 Å². The van der Waals surface area contributed by atoms with E-state index in [-0.39, 0.29) is 0 Å². The minimum atomic E-state index is 0.455. The molecule has 0 nitrogen and oxygen atoms in total. The maximum Gasteiger partial charge on any atom is 0.124 e. The minimum absolute atomic E-state index is 0.455. The van der Waals surface area contributed by atoms with Crippen molar-refractivity contribution in [1.82, 2.24) is 0 Å². The highest BCUT2D eigenvalue weighted by atomic mass is 127. The average molecular weight is 520 g/mol. The largest absolute Gasteiger partial charge is 0.124 e. The van der Waals surface area contributed by atoms with E-state index in [4.69, 9.17) is 0 Å². The summed E-state index contributed by atoms with van der Waals surface area (Å²) < 4.78 is 0.455. The summed E-state index contributed by atoms with van der Waals surface area (Å²) in [5.74, 6) is 0. The molecule has 0 unspecified atom stereocenters. The van der Waals surface area contributed by atoms with E-state index < -0.39 is 0 Å². The molecule has 0 aliphatic rings. The lowest BCUT2D eigenvalue weighted by atomic mass is 10.1. The van der Waals surface area contributed by atoms with Crippen molar-refractivity contribution in [3.63, 3.8) is 0 Å². The molecule has 0 aliphatic heterocycles. The monoisotopic (exact) mass is 520 g/mol. The topological polar surface area (TPSA) is 0 Å². The van der Waals surface area contributed by atoms with Crippen molar-refractivity contribution in [1.29, 1.82) is 0 Å². The van der Waals surface area contributed by atoms with Gasteiger partial charge in [0.15, 0.2) is 0 Å². The fourth-order valence-electron chi connectivity index (χ4n) is 1.28. The van der Waals surface area contributed by atoms with Crippen LogP contribution in [0.15, 0.2) is 0 Å². The lowest BCUT2D eigenvalue weighted by Crippen LogP contribution is -1.97. The molecule has 0 N–H and O–H groups in total. The maximum absolute atomic E-state index is 2.52. The van der Waals surface area contributed by atoms with E-state index in [2.05, 4.69) is 74.7 Å². The second kappa shape index (κ2) is 9.42. The molecule has 0 heterocycles. The summed E-state index contributed by atoms with van der Waals surface area (Å²) in [6.45, 7) is 2.27. The molecule has 0 aromatic heterocycles. The Kier molecular flexibility index (Phi) is 11.0. The highest BCUT2D eigenvalue weighted by molar-refractivity contribution is 14.3. The number of unbranched alkanes of at least 4 members (excludes halogenated alkanes) is 6. The second-order valence-electron chi connectivity index (χ2n) is 3.49. The van der Waals surface area contributed by atoms with E-state index in [0.29, 0.717) is -0.565 Å². The van der Waals surface area contributed by atoms with Gasteiger partial charge in [-0.25, -0.2) is 0 Å². The van der Waals surface area contributed by atoms with Gasteiger partial charge in [-0.15, -0.1) is 0 Å². The maximum atomic E-state index is 2.52. The van der Waals surface area contributed by atoms with Crippen LogP contribution in [0.2, 0.25) is 0 Å². The van der Waals surface area contributed by atoms with Gasteiger partial charge in [-0.3, -0.25) is 0 Å². The first-order valence-electron chi connectivity index (χ1n) is 5.13. The van der Waals surface area contributed by atoms with Crippen LogP contribution in [0, 0.1) is 0 Å². The molecule has 80 valence electrons. The Labute approximate surface area is 124 Å². The van der Waals surface area contributed by atoms with Crippen molar-refractivity contribution in [2.75, 3.05) is 0 Å². The Morgan fingerprint density at radius 1 is 0.769 bits per heavy atom. The predicted octanol–water partition coefficient (Wildman–Crippen LogP) is 6.09. The zero-order chi connectivity index (χ0) is 10.2. The molecule has 0 atom stereocenters. The molecule has 0 aromatic rings. The van der Waals surface area contributed by atoms with Crippen molar-refractivity contribution >= 4 is 67.8 Å². The van der Waals surface area contributed by atoms with E-state index in [0.717, 1.165) is 0 Å². The summed E-state index contributed by atoms with van der Waals surface area (Å²) >= 11 is 7.57. The van der Waals surface area contributed by atoms with Gasteiger partial charge >= 0.3 is 0 Å². The third-order valence-electron chi connectivity index (χ3n) is 2.06. The molecule has 13 heavy (non-hydrogen) atoms. The summed E-state index contributed by atoms with van der Waals surface area (Å²) in [6.07, 6.45) is 11.3. The summed E-state index contributed by atoms with van der Waals surface area (Å²) in [6, 6.07) is 0. The molecule has 0 amide bonds. The van der Waals surface area contributed by atoms with E-state index in [9.17, 15) is 0 Å². The second-order valence-corrected chi connectivity index (χ2v) is 15.2. The van der Waals surface area contributed by atoms with Crippen LogP contribution in [0.25, 0.3) is 0 Å². The van der Waals surface area contributed by atoms with Crippen LogP contribution >= 0.6 is 67.8 Å². The molecule has 0 radical (unpaired) electrons. The normalized spacial score (nSPS) is 12.0. The van der Waals surface area contributed by atoms with Crippen molar-refractivity contribution in [3.05, 3.63) is 0 Å². The molecule has 0 saturated heterocycles. The predicted molar refractivity (Wildman–Crippen MR) is 87.4 cm³/mol. The Bertz CT molecular complexity index is 107. The van der Waals surface area contributed by atoms with Gasteiger partial charge in [0.25, 0.3) is 0 Å². The zero-order valence-corrected chi connectivity index (χ0v) is 14.8. The molecule has 0 aliphatic carbocycles. The zero-order valence-electron chi connectivity index (χ0n) is 8.29. The van der Waals surface area contributed by atoms with Gasteiger partial charge in [0, 0.05) is 0 Å². The summed E-state index contributed by atoms with van der Waals surface area (Å²) in [5.41, 5.74) is 0. The molecular formula is C10H19I3. The Balaban J connectivity index is 3.00. The molecule has 0 aromatic carbocycles. The molecule has 0 saturated carbocycles. The van der Waals surface area contributed by atoms with Crippen LogP contribution in [0.3, 0.4) is 0 Å². The number of hydrogen-bond acceptors (Lipinski definition) is 0. The van der Waals surface area contributed by atoms with Crippen molar-refractivity contribution < 1.29 is 0 Å². The van der Waals surface area contributed by atoms with Crippen molar-refractivity contribution in [2.24, 2.45) is 0 Å². The average Bonchev–Trinajstić information content (AvgIpc) is 2.01. The minimum Gasteiger partial charge on any atom is -0.0654 e. The number of alkyl halides is 3. The third kappa shape index (κ3) is 14.2. The highest BCUT2D eigenvalue weighted by Crippen LogP contribution is 2.40. The van der Waals surface area contributed by atoms with Gasteiger partial charge in [-0.1, -0.05) is 120 Å². The summed E-state index contributed by atoms with van der Waals surface area (Å²) in [4.78, 5) is 0. The molecular weight excluding hydrogens is 501 g/mol. The van der Waals surface area contributed by atoms with Crippen LogP contribution in [0.4, 0.5) is 0 Å². The molecule has 0 bridgehead atoms. The van der Waals surface area contributed by atoms with Crippen molar-refractivity contribution in [3.8, 4) is 0 Å². The van der Waals surface area contributed by atoms with Gasteiger partial charge in [0.2, 0.25) is 0 Å².